The number of rotatable bonds is 5. The van der Waals surface area contributed by atoms with E-state index >= 15 is 0 Å². The van der Waals surface area contributed by atoms with E-state index in [0.29, 0.717) is 25.8 Å². The zero-order valence-corrected chi connectivity index (χ0v) is 21.9. The fourth-order valence-electron chi connectivity index (χ4n) is 2.85. The van der Waals surface area contributed by atoms with Gasteiger partial charge in [-0.05, 0) is 83.2 Å². The number of para-hydroxylation sites is 1. The fourth-order valence-corrected chi connectivity index (χ4v) is 5.38. The van der Waals surface area contributed by atoms with E-state index in [1.54, 1.807) is 30.3 Å². The molecule has 1 aliphatic rings. The number of thioether (sulfide) groups is 1. The van der Waals surface area contributed by atoms with Crippen LogP contribution in [-0.2, 0) is 14.9 Å². The summed E-state index contributed by atoms with van der Waals surface area (Å²) in [5.41, 5.74) is 2.05. The molecule has 10 heteroatoms. The SMILES string of the molecule is Cc1ccc(S(=O)(=O)Oc2ccc(Br)cc2/C=C2/SC(=Nc3ccccc3Br)NC2=O)cc1. The largest absolute Gasteiger partial charge is 0.378 e. The fraction of sp³-hybridized carbons (Fsp3) is 0.0435. The maximum absolute atomic E-state index is 12.8. The summed E-state index contributed by atoms with van der Waals surface area (Å²) >= 11 is 7.98. The Labute approximate surface area is 212 Å². The van der Waals surface area contributed by atoms with Crippen LogP contribution in [-0.4, -0.2) is 19.5 Å². The van der Waals surface area contributed by atoms with E-state index in [-0.39, 0.29) is 16.6 Å². The molecule has 1 saturated heterocycles. The van der Waals surface area contributed by atoms with Gasteiger partial charge in [0.25, 0.3) is 5.91 Å². The molecule has 0 spiro atoms. The number of halogens is 2. The Hall–Kier alpha value is -2.40. The van der Waals surface area contributed by atoms with Gasteiger partial charge in [-0.2, -0.15) is 8.42 Å². The van der Waals surface area contributed by atoms with Crippen LogP contribution in [0.25, 0.3) is 6.08 Å². The molecule has 0 aliphatic carbocycles. The smallest absolute Gasteiger partial charge is 0.339 e. The second-order valence-corrected chi connectivity index (χ2v) is 11.3. The second kappa shape index (κ2) is 9.84. The summed E-state index contributed by atoms with van der Waals surface area (Å²) in [5, 5.41) is 3.15. The van der Waals surface area contributed by atoms with E-state index in [0.717, 1.165) is 21.8 Å². The van der Waals surface area contributed by atoms with Crippen molar-refractivity contribution >= 4 is 76.6 Å². The monoisotopic (exact) mass is 606 g/mol. The second-order valence-electron chi connectivity index (χ2n) is 6.97. The zero-order valence-electron chi connectivity index (χ0n) is 17.1. The summed E-state index contributed by atoms with van der Waals surface area (Å²) in [6, 6.07) is 18.7. The first kappa shape index (κ1) is 23.7. The number of benzene rings is 3. The summed E-state index contributed by atoms with van der Waals surface area (Å²) in [4.78, 5) is 17.4. The van der Waals surface area contributed by atoms with Crippen LogP contribution >= 0.6 is 43.6 Å². The van der Waals surface area contributed by atoms with Crippen molar-refractivity contribution in [3.63, 3.8) is 0 Å². The molecule has 3 aromatic carbocycles. The van der Waals surface area contributed by atoms with Crippen LogP contribution < -0.4 is 9.50 Å². The molecular weight excluding hydrogens is 592 g/mol. The Morgan fingerprint density at radius 1 is 1.03 bits per heavy atom. The van der Waals surface area contributed by atoms with Crippen LogP contribution in [0.15, 0.2) is 90.5 Å². The standard InChI is InChI=1S/C23H16Br2N2O4S2/c1-14-6-9-17(10-7-14)33(29,30)31-20-11-8-16(24)12-15(20)13-21-22(28)27-23(32-21)26-19-5-3-2-4-18(19)25/h2-13H,1H3,(H,26,27,28)/b21-13+. The molecule has 33 heavy (non-hydrogen) atoms. The van der Waals surface area contributed by atoms with E-state index in [1.165, 1.54) is 18.2 Å². The quantitative estimate of drug-likeness (QED) is 0.277. The Bertz CT molecular complexity index is 1400. The van der Waals surface area contributed by atoms with Gasteiger partial charge >= 0.3 is 10.1 Å². The van der Waals surface area contributed by atoms with Gasteiger partial charge in [-0.3, -0.25) is 4.79 Å². The zero-order chi connectivity index (χ0) is 23.6. The van der Waals surface area contributed by atoms with Crippen LogP contribution in [0.1, 0.15) is 11.1 Å². The average Bonchev–Trinajstić information content (AvgIpc) is 3.10. The van der Waals surface area contributed by atoms with Gasteiger partial charge in [-0.25, -0.2) is 4.99 Å². The lowest BCUT2D eigenvalue weighted by atomic mass is 10.2. The van der Waals surface area contributed by atoms with Crippen LogP contribution in [0, 0.1) is 6.92 Å². The lowest BCUT2D eigenvalue weighted by Gasteiger charge is -2.10. The van der Waals surface area contributed by atoms with Crippen LogP contribution in [0.5, 0.6) is 5.75 Å². The number of carbonyl (C=O) groups is 1. The minimum absolute atomic E-state index is 0.0467. The third-order valence-electron chi connectivity index (χ3n) is 4.49. The number of nitrogens with one attached hydrogen (secondary N) is 1. The molecular formula is C23H16Br2N2O4S2. The molecule has 0 aromatic heterocycles. The number of amidine groups is 1. The van der Waals surface area contributed by atoms with Gasteiger partial charge in [0.1, 0.15) is 10.6 Å². The van der Waals surface area contributed by atoms with E-state index in [9.17, 15) is 13.2 Å². The normalized spacial score (nSPS) is 16.3. The van der Waals surface area contributed by atoms with Gasteiger partial charge in [0.15, 0.2) is 5.17 Å². The first-order chi connectivity index (χ1) is 15.7. The van der Waals surface area contributed by atoms with Gasteiger partial charge in [0.2, 0.25) is 0 Å². The van der Waals surface area contributed by atoms with Crippen molar-refractivity contribution in [2.24, 2.45) is 4.99 Å². The van der Waals surface area contributed by atoms with E-state index in [4.69, 9.17) is 4.18 Å². The number of amides is 1. The van der Waals surface area contributed by atoms with Crippen LogP contribution in [0.2, 0.25) is 0 Å². The highest BCUT2D eigenvalue weighted by molar-refractivity contribution is 9.10. The molecule has 0 unspecified atom stereocenters. The van der Waals surface area contributed by atoms with Gasteiger partial charge < -0.3 is 9.50 Å². The van der Waals surface area contributed by atoms with Gasteiger partial charge in [0, 0.05) is 14.5 Å². The van der Waals surface area contributed by atoms with Gasteiger partial charge in [-0.15, -0.1) is 0 Å². The summed E-state index contributed by atoms with van der Waals surface area (Å²) < 4.78 is 32.5. The van der Waals surface area contributed by atoms with Crippen molar-refractivity contribution in [2.75, 3.05) is 0 Å². The minimum atomic E-state index is -4.05. The van der Waals surface area contributed by atoms with Crippen molar-refractivity contribution in [3.8, 4) is 5.75 Å². The van der Waals surface area contributed by atoms with Crippen LogP contribution in [0.3, 0.4) is 0 Å². The van der Waals surface area contributed by atoms with Crippen molar-refractivity contribution < 1.29 is 17.4 Å². The number of nitrogens with zero attached hydrogens (tertiary/aromatic N) is 1. The van der Waals surface area contributed by atoms with Crippen molar-refractivity contribution in [1.29, 1.82) is 0 Å². The Balaban J connectivity index is 1.64. The highest BCUT2D eigenvalue weighted by Crippen LogP contribution is 2.34. The molecule has 1 N–H and O–H groups in total. The van der Waals surface area contributed by atoms with Crippen molar-refractivity contribution in [3.05, 3.63) is 91.7 Å². The molecule has 0 atom stereocenters. The molecule has 168 valence electrons. The summed E-state index contributed by atoms with van der Waals surface area (Å²) in [5.74, 6) is -0.228. The third kappa shape index (κ3) is 5.75. The molecule has 4 rings (SSSR count). The molecule has 3 aromatic rings. The third-order valence-corrected chi connectivity index (χ3v) is 7.82. The minimum Gasteiger partial charge on any atom is -0.378 e. The maximum atomic E-state index is 12.8. The topological polar surface area (TPSA) is 84.8 Å². The summed E-state index contributed by atoms with van der Waals surface area (Å²) in [6.45, 7) is 1.87. The molecule has 0 radical (unpaired) electrons. The Morgan fingerprint density at radius 2 is 1.76 bits per heavy atom. The number of aryl methyl sites for hydroxylation is 1. The lowest BCUT2D eigenvalue weighted by molar-refractivity contribution is -0.115. The van der Waals surface area contributed by atoms with E-state index in [2.05, 4.69) is 42.2 Å². The molecule has 1 aliphatic heterocycles. The number of hydrogen-bond acceptors (Lipinski definition) is 6. The lowest BCUT2D eigenvalue weighted by Crippen LogP contribution is -2.19. The predicted octanol–water partition coefficient (Wildman–Crippen LogP) is 6.18. The highest BCUT2D eigenvalue weighted by atomic mass is 79.9. The molecule has 1 heterocycles. The van der Waals surface area contributed by atoms with E-state index in [1.807, 2.05) is 31.2 Å². The molecule has 1 amide bonds. The van der Waals surface area contributed by atoms with Gasteiger partial charge in [0.05, 0.1) is 10.6 Å². The molecule has 0 bridgehead atoms. The highest BCUT2D eigenvalue weighted by Gasteiger charge is 2.25. The maximum Gasteiger partial charge on any atom is 0.339 e. The molecule has 6 nitrogen and oxygen atoms in total. The van der Waals surface area contributed by atoms with Crippen LogP contribution in [0.4, 0.5) is 5.69 Å². The predicted molar refractivity (Wildman–Crippen MR) is 138 cm³/mol. The summed E-state index contributed by atoms with van der Waals surface area (Å²) in [7, 11) is -4.05. The Morgan fingerprint density at radius 3 is 2.48 bits per heavy atom. The first-order valence-electron chi connectivity index (χ1n) is 9.56. The number of carbonyl (C=O) groups excluding carboxylic acids is 1. The first-order valence-corrected chi connectivity index (χ1v) is 13.4. The van der Waals surface area contributed by atoms with Crippen molar-refractivity contribution in [2.45, 2.75) is 11.8 Å². The molecule has 1 fully saturated rings. The van der Waals surface area contributed by atoms with E-state index < -0.39 is 10.1 Å². The number of aliphatic imine (C=N–C) groups is 1. The van der Waals surface area contributed by atoms with Crippen molar-refractivity contribution in [1.82, 2.24) is 5.32 Å². The summed E-state index contributed by atoms with van der Waals surface area (Å²) in [6.07, 6.45) is 1.58. The number of hydrogen-bond donors (Lipinski definition) is 1. The Kier molecular flexibility index (Phi) is 7.08. The average molecular weight is 608 g/mol. The van der Waals surface area contributed by atoms with Gasteiger partial charge in [-0.1, -0.05) is 45.8 Å². The molecule has 0 saturated carbocycles.